The second kappa shape index (κ2) is 7.21. The highest BCUT2D eigenvalue weighted by atomic mass is 16.6. The van der Waals surface area contributed by atoms with E-state index in [9.17, 15) is 9.90 Å². The number of fused-ring (bicyclic) bond motifs is 1. The van der Waals surface area contributed by atoms with E-state index < -0.39 is 12.2 Å². The number of hydrogen-bond acceptors (Lipinski definition) is 4. The first-order valence-corrected chi connectivity index (χ1v) is 8.53. The maximum atomic E-state index is 12.4. The molecule has 1 aliphatic carbocycles. The molecule has 1 fully saturated rings. The Morgan fingerprint density at radius 1 is 1.22 bits per heavy atom. The predicted octanol–water partition coefficient (Wildman–Crippen LogP) is 2.27. The van der Waals surface area contributed by atoms with Crippen LogP contribution in [-0.2, 0) is 4.79 Å². The molecule has 0 aromatic heterocycles. The lowest BCUT2D eigenvalue weighted by Gasteiger charge is -2.32. The van der Waals surface area contributed by atoms with Crippen LogP contribution in [0.3, 0.4) is 0 Å². The van der Waals surface area contributed by atoms with E-state index in [0.717, 1.165) is 12.8 Å². The van der Waals surface area contributed by atoms with E-state index in [1.165, 1.54) is 19.3 Å². The molecule has 3 unspecified atom stereocenters. The molecule has 0 bridgehead atoms. The topological polar surface area (TPSA) is 67.8 Å². The number of nitrogens with one attached hydrogen (secondary N) is 1. The van der Waals surface area contributed by atoms with E-state index in [0.29, 0.717) is 17.4 Å². The van der Waals surface area contributed by atoms with Crippen LogP contribution in [0.2, 0.25) is 0 Å². The minimum absolute atomic E-state index is 0.234. The van der Waals surface area contributed by atoms with Gasteiger partial charge in [-0.1, -0.05) is 31.4 Å². The van der Waals surface area contributed by atoms with Gasteiger partial charge in [0, 0.05) is 6.54 Å². The lowest BCUT2D eigenvalue weighted by molar-refractivity contribution is -0.134. The van der Waals surface area contributed by atoms with Crippen molar-refractivity contribution in [3.63, 3.8) is 0 Å². The van der Waals surface area contributed by atoms with Crippen LogP contribution in [-0.4, -0.2) is 35.9 Å². The first kappa shape index (κ1) is 16.1. The van der Waals surface area contributed by atoms with E-state index in [1.807, 2.05) is 25.1 Å². The van der Waals surface area contributed by atoms with Crippen LogP contribution < -0.4 is 14.8 Å². The van der Waals surface area contributed by atoms with Crippen LogP contribution in [0.15, 0.2) is 24.3 Å². The molecule has 1 aromatic carbocycles. The van der Waals surface area contributed by atoms with Gasteiger partial charge >= 0.3 is 0 Å². The van der Waals surface area contributed by atoms with Crippen LogP contribution in [0.5, 0.6) is 11.5 Å². The van der Waals surface area contributed by atoms with Crippen molar-refractivity contribution < 1.29 is 19.4 Å². The van der Waals surface area contributed by atoms with Gasteiger partial charge < -0.3 is 19.9 Å². The van der Waals surface area contributed by atoms with Gasteiger partial charge in [-0.3, -0.25) is 4.79 Å². The van der Waals surface area contributed by atoms with E-state index >= 15 is 0 Å². The lowest BCUT2D eigenvalue weighted by Crippen LogP contribution is -2.51. The molecule has 3 rings (SSSR count). The Hall–Kier alpha value is -1.75. The minimum atomic E-state index is -0.691. The average molecular weight is 319 g/mol. The van der Waals surface area contributed by atoms with Crippen molar-refractivity contribution in [2.24, 2.45) is 5.92 Å². The first-order chi connectivity index (χ1) is 11.1. The summed E-state index contributed by atoms with van der Waals surface area (Å²) in [5, 5.41) is 13.1. The van der Waals surface area contributed by atoms with Gasteiger partial charge in [-0.25, -0.2) is 0 Å². The molecule has 5 heteroatoms. The van der Waals surface area contributed by atoms with Crippen molar-refractivity contribution in [1.29, 1.82) is 0 Å². The Morgan fingerprint density at radius 2 is 1.87 bits per heavy atom. The van der Waals surface area contributed by atoms with Gasteiger partial charge in [0.1, 0.15) is 6.10 Å². The van der Waals surface area contributed by atoms with Gasteiger partial charge in [-0.05, 0) is 37.8 Å². The zero-order valence-electron chi connectivity index (χ0n) is 13.5. The Morgan fingerprint density at radius 3 is 2.57 bits per heavy atom. The molecule has 0 radical (unpaired) electrons. The van der Waals surface area contributed by atoms with Crippen molar-refractivity contribution in [3.8, 4) is 11.5 Å². The SMILES string of the molecule is CC1Oc2ccccc2OC1C(=O)NCC(O)C1CCCCC1. The maximum Gasteiger partial charge on any atom is 0.265 e. The minimum Gasteiger partial charge on any atom is -0.482 e. The molecule has 126 valence electrons. The number of para-hydroxylation sites is 2. The van der Waals surface area contributed by atoms with Crippen molar-refractivity contribution in [2.45, 2.75) is 57.3 Å². The second-order valence-electron chi connectivity index (χ2n) is 6.52. The van der Waals surface area contributed by atoms with Crippen LogP contribution in [0.1, 0.15) is 39.0 Å². The van der Waals surface area contributed by atoms with Crippen LogP contribution >= 0.6 is 0 Å². The molecule has 23 heavy (non-hydrogen) atoms. The highest BCUT2D eigenvalue weighted by Gasteiger charge is 2.34. The fraction of sp³-hybridized carbons (Fsp3) is 0.611. The summed E-state index contributed by atoms with van der Waals surface area (Å²) in [4.78, 5) is 12.4. The fourth-order valence-electron chi connectivity index (χ4n) is 3.40. The number of carbonyl (C=O) groups is 1. The highest BCUT2D eigenvalue weighted by Crippen LogP contribution is 2.33. The molecule has 1 amide bonds. The normalized spacial score (nSPS) is 25.7. The summed E-state index contributed by atoms with van der Waals surface area (Å²) in [6, 6.07) is 7.33. The summed E-state index contributed by atoms with van der Waals surface area (Å²) in [7, 11) is 0. The van der Waals surface area contributed by atoms with Gasteiger partial charge in [0.2, 0.25) is 6.10 Å². The summed E-state index contributed by atoms with van der Waals surface area (Å²) in [5.74, 6) is 1.30. The number of hydrogen-bond donors (Lipinski definition) is 2. The standard InChI is InChI=1S/C18H25NO4/c1-12-17(23-16-10-6-5-9-15(16)22-12)18(21)19-11-14(20)13-7-3-2-4-8-13/h5-6,9-10,12-14,17,20H,2-4,7-8,11H2,1H3,(H,19,21). The molecule has 1 aliphatic heterocycles. The van der Waals surface area contributed by atoms with E-state index in [1.54, 1.807) is 6.07 Å². The second-order valence-corrected chi connectivity index (χ2v) is 6.52. The summed E-state index contributed by atoms with van der Waals surface area (Å²) >= 11 is 0. The maximum absolute atomic E-state index is 12.4. The first-order valence-electron chi connectivity index (χ1n) is 8.53. The van der Waals surface area contributed by atoms with Crippen molar-refractivity contribution in [2.75, 3.05) is 6.54 Å². The number of aliphatic hydroxyl groups excluding tert-OH is 1. The van der Waals surface area contributed by atoms with Crippen molar-refractivity contribution in [3.05, 3.63) is 24.3 Å². The van der Waals surface area contributed by atoms with Crippen molar-refractivity contribution in [1.82, 2.24) is 5.32 Å². The van der Waals surface area contributed by atoms with E-state index in [4.69, 9.17) is 9.47 Å². The molecule has 1 aromatic rings. The van der Waals surface area contributed by atoms with Crippen LogP contribution in [0, 0.1) is 5.92 Å². The molecular formula is C18H25NO4. The molecule has 3 atom stereocenters. The number of amides is 1. The lowest BCUT2D eigenvalue weighted by atomic mass is 9.85. The largest absolute Gasteiger partial charge is 0.482 e. The summed E-state index contributed by atoms with van der Waals surface area (Å²) < 4.78 is 11.5. The third-order valence-corrected chi connectivity index (χ3v) is 4.78. The number of ether oxygens (including phenoxy) is 2. The quantitative estimate of drug-likeness (QED) is 0.893. The number of benzene rings is 1. The van der Waals surface area contributed by atoms with Gasteiger partial charge in [0.05, 0.1) is 6.10 Å². The van der Waals surface area contributed by atoms with Gasteiger partial charge in [-0.15, -0.1) is 0 Å². The zero-order chi connectivity index (χ0) is 16.2. The van der Waals surface area contributed by atoms with Gasteiger partial charge in [0.15, 0.2) is 11.5 Å². The molecule has 1 heterocycles. The molecule has 0 spiro atoms. The van der Waals surface area contributed by atoms with E-state index in [-0.39, 0.29) is 18.6 Å². The zero-order valence-corrected chi connectivity index (χ0v) is 13.5. The third-order valence-electron chi connectivity index (χ3n) is 4.78. The Kier molecular flexibility index (Phi) is 5.06. The number of carbonyl (C=O) groups excluding carboxylic acids is 1. The van der Waals surface area contributed by atoms with Gasteiger partial charge in [-0.2, -0.15) is 0 Å². The molecule has 2 aliphatic rings. The predicted molar refractivity (Wildman–Crippen MR) is 86.5 cm³/mol. The number of rotatable bonds is 4. The van der Waals surface area contributed by atoms with Crippen molar-refractivity contribution >= 4 is 5.91 Å². The molecule has 1 saturated carbocycles. The van der Waals surface area contributed by atoms with E-state index in [2.05, 4.69) is 5.32 Å². The summed E-state index contributed by atoms with van der Waals surface area (Å²) in [6.07, 6.45) is 4.14. The number of aliphatic hydroxyl groups is 1. The van der Waals surface area contributed by atoms with Crippen LogP contribution in [0.4, 0.5) is 0 Å². The van der Waals surface area contributed by atoms with Crippen LogP contribution in [0.25, 0.3) is 0 Å². The summed E-state index contributed by atoms with van der Waals surface area (Å²) in [6.45, 7) is 2.09. The monoisotopic (exact) mass is 319 g/mol. The fourth-order valence-corrected chi connectivity index (χ4v) is 3.40. The van der Waals surface area contributed by atoms with Gasteiger partial charge in [0.25, 0.3) is 5.91 Å². The molecule has 2 N–H and O–H groups in total. The average Bonchev–Trinajstić information content (AvgIpc) is 2.59. The third kappa shape index (κ3) is 3.78. The smallest absolute Gasteiger partial charge is 0.265 e. The Bertz CT molecular complexity index is 542. The molecule has 5 nitrogen and oxygen atoms in total. The Balaban J connectivity index is 1.54. The Labute approximate surface area is 137 Å². The highest BCUT2D eigenvalue weighted by molar-refractivity contribution is 5.82. The molecule has 0 saturated heterocycles. The molecular weight excluding hydrogens is 294 g/mol. The summed E-state index contributed by atoms with van der Waals surface area (Å²) in [5.41, 5.74) is 0.